The van der Waals surface area contributed by atoms with E-state index in [0.29, 0.717) is 5.56 Å². The van der Waals surface area contributed by atoms with Gasteiger partial charge in [-0.05, 0) is 37.3 Å². The molecule has 0 aromatic heterocycles. The highest BCUT2D eigenvalue weighted by molar-refractivity contribution is 5.85. The summed E-state index contributed by atoms with van der Waals surface area (Å²) in [5.41, 5.74) is 7.27. The molecule has 2 atom stereocenters. The van der Waals surface area contributed by atoms with Crippen molar-refractivity contribution in [3.8, 4) is 0 Å². The topological polar surface area (TPSA) is 46.2 Å². The number of rotatable bonds is 3. The van der Waals surface area contributed by atoms with Gasteiger partial charge in [0, 0.05) is 5.56 Å². The number of nitrogens with two attached hydrogens (primary N) is 1. The van der Waals surface area contributed by atoms with Crippen molar-refractivity contribution in [1.82, 2.24) is 0 Å². The van der Waals surface area contributed by atoms with Gasteiger partial charge in [0.2, 0.25) is 0 Å². The third-order valence-corrected chi connectivity index (χ3v) is 3.77. The first-order valence-electron chi connectivity index (χ1n) is 6.29. The Bertz CT molecular complexity index is 393. The van der Waals surface area contributed by atoms with Crippen molar-refractivity contribution in [2.24, 2.45) is 11.7 Å². The maximum Gasteiger partial charge on any atom is 0.128 e. The molecule has 0 amide bonds. The Balaban J connectivity index is 0.00000162. The molecule has 0 radical (unpaired) electrons. The normalized spacial score (nSPS) is 19.3. The van der Waals surface area contributed by atoms with Crippen molar-refractivity contribution in [3.05, 3.63) is 35.1 Å². The highest BCUT2D eigenvalue weighted by Gasteiger charge is 2.29. The van der Waals surface area contributed by atoms with E-state index in [9.17, 15) is 9.50 Å². The molecule has 1 aliphatic rings. The Morgan fingerprint density at radius 1 is 1.33 bits per heavy atom. The molecule has 4 heteroatoms. The fraction of sp³-hybridized carbons (Fsp3) is 0.571. The Labute approximate surface area is 114 Å². The van der Waals surface area contributed by atoms with Gasteiger partial charge in [0.15, 0.2) is 0 Å². The molecule has 2 nitrogen and oxygen atoms in total. The fourth-order valence-electron chi connectivity index (χ4n) is 2.68. The first kappa shape index (κ1) is 15.4. The van der Waals surface area contributed by atoms with Crippen LogP contribution in [0.1, 0.15) is 42.9 Å². The summed E-state index contributed by atoms with van der Waals surface area (Å²) in [5, 5.41) is 10.2. The average molecular weight is 274 g/mol. The van der Waals surface area contributed by atoms with Gasteiger partial charge in [0.1, 0.15) is 5.82 Å². The Kier molecular flexibility index (Phi) is 5.57. The smallest absolute Gasteiger partial charge is 0.128 e. The molecule has 102 valence electrons. The van der Waals surface area contributed by atoms with E-state index in [4.69, 9.17) is 5.73 Å². The maximum atomic E-state index is 13.8. The lowest BCUT2D eigenvalue weighted by molar-refractivity contribution is 0.0833. The van der Waals surface area contributed by atoms with Crippen molar-refractivity contribution in [2.45, 2.75) is 44.8 Å². The molecule has 0 unspecified atom stereocenters. The van der Waals surface area contributed by atoms with Gasteiger partial charge in [-0.25, -0.2) is 4.39 Å². The third-order valence-electron chi connectivity index (χ3n) is 3.77. The highest BCUT2D eigenvalue weighted by atomic mass is 35.5. The first-order chi connectivity index (χ1) is 8.09. The molecule has 0 heterocycles. The molecule has 1 saturated carbocycles. The van der Waals surface area contributed by atoms with E-state index in [1.54, 1.807) is 6.07 Å². The predicted octanol–water partition coefficient (Wildman–Crippen LogP) is 3.11. The first-order valence-corrected chi connectivity index (χ1v) is 6.29. The Hall–Kier alpha value is -0.640. The molecular formula is C14H21ClFNO. The lowest BCUT2D eigenvalue weighted by Crippen LogP contribution is -2.32. The van der Waals surface area contributed by atoms with Crippen molar-refractivity contribution in [2.75, 3.05) is 0 Å². The second-order valence-corrected chi connectivity index (χ2v) is 5.09. The molecule has 2 rings (SSSR count). The van der Waals surface area contributed by atoms with Crippen molar-refractivity contribution < 1.29 is 9.50 Å². The van der Waals surface area contributed by atoms with Gasteiger partial charge >= 0.3 is 0 Å². The molecule has 1 aliphatic carbocycles. The van der Waals surface area contributed by atoms with Gasteiger partial charge < -0.3 is 10.8 Å². The zero-order valence-corrected chi connectivity index (χ0v) is 11.4. The molecule has 1 aromatic carbocycles. The summed E-state index contributed by atoms with van der Waals surface area (Å²) in [6.07, 6.45) is 3.66. The summed E-state index contributed by atoms with van der Waals surface area (Å²) in [6, 6.07) is 4.38. The minimum absolute atomic E-state index is 0. The van der Waals surface area contributed by atoms with E-state index in [0.717, 1.165) is 31.2 Å². The highest BCUT2D eigenvalue weighted by Crippen LogP contribution is 2.33. The van der Waals surface area contributed by atoms with Gasteiger partial charge in [-0.1, -0.05) is 25.0 Å². The molecule has 18 heavy (non-hydrogen) atoms. The second-order valence-electron chi connectivity index (χ2n) is 5.09. The number of aryl methyl sites for hydroxylation is 1. The molecular weight excluding hydrogens is 253 g/mol. The monoisotopic (exact) mass is 273 g/mol. The van der Waals surface area contributed by atoms with Gasteiger partial charge in [-0.2, -0.15) is 0 Å². The third kappa shape index (κ3) is 3.22. The average Bonchev–Trinajstić information content (AvgIpc) is 2.80. The largest absolute Gasteiger partial charge is 0.391 e. The minimum atomic E-state index is -0.630. The number of halogens is 2. The van der Waals surface area contributed by atoms with E-state index < -0.39 is 12.1 Å². The number of aliphatic hydroxyl groups excluding tert-OH is 1. The molecule has 0 bridgehead atoms. The van der Waals surface area contributed by atoms with Crippen LogP contribution < -0.4 is 5.73 Å². The number of hydrogen-bond acceptors (Lipinski definition) is 2. The fourth-order valence-corrected chi connectivity index (χ4v) is 2.68. The van der Waals surface area contributed by atoms with Crippen molar-refractivity contribution in [3.63, 3.8) is 0 Å². The van der Waals surface area contributed by atoms with E-state index in [1.165, 1.54) is 6.07 Å². The maximum absolute atomic E-state index is 13.8. The summed E-state index contributed by atoms with van der Waals surface area (Å²) in [7, 11) is 0. The molecule has 0 spiro atoms. The van der Waals surface area contributed by atoms with Crippen LogP contribution in [0, 0.1) is 18.7 Å². The summed E-state index contributed by atoms with van der Waals surface area (Å²) >= 11 is 0. The van der Waals surface area contributed by atoms with E-state index in [-0.39, 0.29) is 24.1 Å². The quantitative estimate of drug-likeness (QED) is 0.889. The minimum Gasteiger partial charge on any atom is -0.391 e. The van der Waals surface area contributed by atoms with Crippen molar-refractivity contribution in [1.29, 1.82) is 0 Å². The van der Waals surface area contributed by atoms with Crippen LogP contribution in [0.2, 0.25) is 0 Å². The van der Waals surface area contributed by atoms with Crippen LogP contribution in [0.5, 0.6) is 0 Å². The van der Waals surface area contributed by atoms with Crippen LogP contribution >= 0.6 is 12.4 Å². The van der Waals surface area contributed by atoms with Gasteiger partial charge in [-0.15, -0.1) is 12.4 Å². The Morgan fingerprint density at radius 3 is 2.50 bits per heavy atom. The number of benzene rings is 1. The summed E-state index contributed by atoms with van der Waals surface area (Å²) in [6.45, 7) is 1.84. The Morgan fingerprint density at radius 2 is 1.94 bits per heavy atom. The lowest BCUT2D eigenvalue weighted by Gasteiger charge is -2.25. The molecule has 1 aromatic rings. The van der Waals surface area contributed by atoms with Crippen LogP contribution in [-0.4, -0.2) is 11.2 Å². The summed E-state index contributed by atoms with van der Waals surface area (Å²) < 4.78 is 13.8. The second kappa shape index (κ2) is 6.50. The summed E-state index contributed by atoms with van der Waals surface area (Å²) in [5.74, 6) is -0.0831. The van der Waals surface area contributed by atoms with E-state index in [2.05, 4.69) is 0 Å². The summed E-state index contributed by atoms with van der Waals surface area (Å²) in [4.78, 5) is 0. The van der Waals surface area contributed by atoms with Gasteiger partial charge in [0.25, 0.3) is 0 Å². The molecule has 3 N–H and O–H groups in total. The standard InChI is InChI=1S/C14H20FNO.ClH/c1-9-6-7-11(12(15)8-9)13(16)14(17)10-4-2-3-5-10;/h6-8,10,13-14,17H,2-5,16H2,1H3;1H/t13-,14+;/m1./s1. The molecule has 0 aliphatic heterocycles. The van der Waals surface area contributed by atoms with Crippen LogP contribution in [0.3, 0.4) is 0 Å². The lowest BCUT2D eigenvalue weighted by atomic mass is 9.90. The zero-order chi connectivity index (χ0) is 12.4. The van der Waals surface area contributed by atoms with Gasteiger partial charge in [0.05, 0.1) is 12.1 Å². The zero-order valence-electron chi connectivity index (χ0n) is 10.6. The predicted molar refractivity (Wildman–Crippen MR) is 73.3 cm³/mol. The molecule has 0 saturated heterocycles. The van der Waals surface area contributed by atoms with Crippen LogP contribution in [-0.2, 0) is 0 Å². The van der Waals surface area contributed by atoms with Gasteiger partial charge in [-0.3, -0.25) is 0 Å². The van der Waals surface area contributed by atoms with Crippen LogP contribution in [0.25, 0.3) is 0 Å². The van der Waals surface area contributed by atoms with Crippen LogP contribution in [0.15, 0.2) is 18.2 Å². The van der Waals surface area contributed by atoms with Crippen LogP contribution in [0.4, 0.5) is 4.39 Å². The SMILES string of the molecule is Cc1ccc([C@@H](N)[C@@H](O)C2CCCC2)c(F)c1.Cl. The van der Waals surface area contributed by atoms with E-state index >= 15 is 0 Å². The number of hydrogen-bond donors (Lipinski definition) is 2. The number of aliphatic hydroxyl groups is 1. The van der Waals surface area contributed by atoms with Crippen molar-refractivity contribution >= 4 is 12.4 Å². The molecule has 1 fully saturated rings. The van der Waals surface area contributed by atoms with E-state index in [1.807, 2.05) is 13.0 Å².